The van der Waals surface area contributed by atoms with Gasteiger partial charge in [0, 0.05) is 32.1 Å². The summed E-state index contributed by atoms with van der Waals surface area (Å²) in [7, 11) is 1.65. The Hall–Kier alpha value is -1.79. The lowest BCUT2D eigenvalue weighted by Crippen LogP contribution is -2.52. The average molecular weight is 269 g/mol. The van der Waals surface area contributed by atoms with Crippen LogP contribution in [0.15, 0.2) is 4.99 Å². The number of amides is 2. The van der Waals surface area contributed by atoms with Crippen molar-refractivity contribution in [1.29, 1.82) is 0 Å². The van der Waals surface area contributed by atoms with E-state index in [1.165, 1.54) is 0 Å². The highest BCUT2D eigenvalue weighted by Gasteiger charge is 2.18. The Bertz CT molecular complexity index is 344. The molecule has 0 aromatic carbocycles. The zero-order valence-corrected chi connectivity index (χ0v) is 11.7. The molecule has 1 unspecified atom stereocenters. The molecule has 4 N–H and O–H groups in total. The quantitative estimate of drug-likeness (QED) is 0.387. The second-order valence-electron chi connectivity index (χ2n) is 4.83. The van der Waals surface area contributed by atoms with Crippen LogP contribution >= 0.6 is 0 Å². The molecule has 0 aliphatic carbocycles. The summed E-state index contributed by atoms with van der Waals surface area (Å²) in [4.78, 5) is 26.6. The third-order valence-electron chi connectivity index (χ3n) is 2.70. The fourth-order valence-electron chi connectivity index (χ4n) is 1.78. The summed E-state index contributed by atoms with van der Waals surface area (Å²) in [6, 6.07) is 0.273. The first kappa shape index (κ1) is 15.3. The highest BCUT2D eigenvalue weighted by Crippen LogP contribution is 2.01. The zero-order chi connectivity index (χ0) is 14.3. The summed E-state index contributed by atoms with van der Waals surface area (Å²) in [5, 5.41) is 11.7. The number of hydrogen-bond donors (Lipinski definition) is 4. The van der Waals surface area contributed by atoms with Gasteiger partial charge in [-0.3, -0.25) is 14.6 Å². The van der Waals surface area contributed by atoms with Gasteiger partial charge in [-0.05, 0) is 20.3 Å². The molecule has 1 saturated heterocycles. The van der Waals surface area contributed by atoms with E-state index >= 15 is 0 Å². The smallest absolute Gasteiger partial charge is 0.239 e. The van der Waals surface area contributed by atoms with Gasteiger partial charge in [-0.2, -0.15) is 0 Å². The van der Waals surface area contributed by atoms with E-state index in [9.17, 15) is 9.59 Å². The summed E-state index contributed by atoms with van der Waals surface area (Å²) >= 11 is 0. The summed E-state index contributed by atoms with van der Waals surface area (Å²) in [5.41, 5.74) is 0. The average Bonchev–Trinajstić information content (AvgIpc) is 2.36. The minimum absolute atomic E-state index is 0.0742. The molecule has 0 aromatic rings. The molecule has 108 valence electrons. The minimum atomic E-state index is -0.0742. The van der Waals surface area contributed by atoms with Gasteiger partial charge in [-0.15, -0.1) is 0 Å². The molecule has 7 nitrogen and oxygen atoms in total. The van der Waals surface area contributed by atoms with Gasteiger partial charge in [0.1, 0.15) is 0 Å². The molecule has 0 bridgehead atoms. The number of carbonyl (C=O) groups excluding carboxylic acids is 2. The molecular formula is C12H23N5O2. The Labute approximate surface area is 113 Å². The number of guanidine groups is 1. The van der Waals surface area contributed by atoms with Gasteiger partial charge in [-0.25, -0.2) is 0 Å². The first-order valence-electron chi connectivity index (χ1n) is 6.54. The largest absolute Gasteiger partial charge is 0.354 e. The van der Waals surface area contributed by atoms with Crippen LogP contribution in [-0.2, 0) is 9.59 Å². The first-order valence-corrected chi connectivity index (χ1v) is 6.54. The highest BCUT2D eigenvalue weighted by molar-refractivity contribution is 5.86. The third kappa shape index (κ3) is 6.08. The van der Waals surface area contributed by atoms with E-state index < -0.39 is 0 Å². The molecule has 0 radical (unpaired) electrons. The fraction of sp³-hybridized carbons (Fsp3) is 0.750. The number of nitrogens with one attached hydrogen (secondary N) is 4. The lowest BCUT2D eigenvalue weighted by molar-refractivity contribution is -0.122. The Morgan fingerprint density at radius 2 is 2.26 bits per heavy atom. The van der Waals surface area contributed by atoms with Crippen molar-refractivity contribution in [3.8, 4) is 0 Å². The van der Waals surface area contributed by atoms with E-state index in [1.807, 2.05) is 13.8 Å². The Balaban J connectivity index is 2.30. The van der Waals surface area contributed by atoms with Gasteiger partial charge in [-0.1, -0.05) is 0 Å². The van der Waals surface area contributed by atoms with Crippen LogP contribution in [0.2, 0.25) is 0 Å². The van der Waals surface area contributed by atoms with Crippen molar-refractivity contribution in [2.24, 2.45) is 4.99 Å². The minimum Gasteiger partial charge on any atom is -0.354 e. The molecule has 1 heterocycles. The van der Waals surface area contributed by atoms with Crippen molar-refractivity contribution in [2.75, 3.05) is 20.1 Å². The number of rotatable bonds is 4. The maximum Gasteiger partial charge on any atom is 0.239 e. The predicted molar refractivity (Wildman–Crippen MR) is 73.8 cm³/mol. The van der Waals surface area contributed by atoms with E-state index in [4.69, 9.17) is 0 Å². The van der Waals surface area contributed by atoms with Crippen LogP contribution in [0.4, 0.5) is 0 Å². The fourth-order valence-corrected chi connectivity index (χ4v) is 1.78. The molecule has 1 aliphatic rings. The Morgan fingerprint density at radius 3 is 2.79 bits per heavy atom. The molecule has 1 aliphatic heterocycles. The van der Waals surface area contributed by atoms with Crippen LogP contribution in [0.25, 0.3) is 0 Å². The number of nitrogens with zero attached hydrogens (tertiary/aromatic N) is 1. The van der Waals surface area contributed by atoms with Crippen molar-refractivity contribution in [3.05, 3.63) is 0 Å². The molecule has 19 heavy (non-hydrogen) atoms. The van der Waals surface area contributed by atoms with Gasteiger partial charge in [0.25, 0.3) is 0 Å². The highest BCUT2D eigenvalue weighted by atomic mass is 16.2. The van der Waals surface area contributed by atoms with E-state index in [-0.39, 0.29) is 30.4 Å². The zero-order valence-electron chi connectivity index (χ0n) is 11.7. The van der Waals surface area contributed by atoms with Gasteiger partial charge in [0.15, 0.2) is 5.96 Å². The van der Waals surface area contributed by atoms with Gasteiger partial charge in [0.05, 0.1) is 6.54 Å². The summed E-state index contributed by atoms with van der Waals surface area (Å²) in [6.45, 7) is 4.58. The Morgan fingerprint density at radius 1 is 1.53 bits per heavy atom. The van der Waals surface area contributed by atoms with Crippen molar-refractivity contribution >= 4 is 17.8 Å². The molecule has 0 spiro atoms. The van der Waals surface area contributed by atoms with Crippen molar-refractivity contribution in [2.45, 2.75) is 38.8 Å². The van der Waals surface area contributed by atoms with Crippen LogP contribution < -0.4 is 21.3 Å². The molecule has 2 amide bonds. The summed E-state index contributed by atoms with van der Waals surface area (Å²) in [6.07, 6.45) is 1.28. The van der Waals surface area contributed by atoms with Gasteiger partial charge in [0.2, 0.25) is 11.8 Å². The number of aliphatic imine (C=N–C) groups is 1. The monoisotopic (exact) mass is 269 g/mol. The molecule has 1 atom stereocenters. The number of hydrogen-bond acceptors (Lipinski definition) is 3. The van der Waals surface area contributed by atoms with Crippen molar-refractivity contribution < 1.29 is 9.59 Å². The van der Waals surface area contributed by atoms with Crippen molar-refractivity contribution in [1.82, 2.24) is 21.3 Å². The third-order valence-corrected chi connectivity index (χ3v) is 2.70. The van der Waals surface area contributed by atoms with Crippen LogP contribution in [-0.4, -0.2) is 50.0 Å². The van der Waals surface area contributed by atoms with Crippen molar-refractivity contribution in [3.63, 3.8) is 0 Å². The topological polar surface area (TPSA) is 94.6 Å². The lowest BCUT2D eigenvalue weighted by atomic mass is 10.1. The second kappa shape index (κ2) is 7.60. The Kier molecular flexibility index (Phi) is 6.11. The van der Waals surface area contributed by atoms with E-state index in [0.29, 0.717) is 18.9 Å². The SMILES string of the molecule is CN=C(NCC(=O)NC(C)C)NC1CCC(=O)NC1. The van der Waals surface area contributed by atoms with Crippen LogP contribution in [0.5, 0.6) is 0 Å². The van der Waals surface area contributed by atoms with Crippen LogP contribution in [0.3, 0.4) is 0 Å². The van der Waals surface area contributed by atoms with Gasteiger partial charge < -0.3 is 21.3 Å². The summed E-state index contributed by atoms with van der Waals surface area (Å²) < 4.78 is 0. The van der Waals surface area contributed by atoms with Crippen LogP contribution in [0, 0.1) is 0 Å². The molecule has 7 heteroatoms. The maximum atomic E-state index is 11.5. The second-order valence-corrected chi connectivity index (χ2v) is 4.83. The standard InChI is InChI=1S/C12H23N5O2/c1-8(2)16-11(19)7-15-12(13-3)17-9-4-5-10(18)14-6-9/h8-9H,4-7H2,1-3H3,(H,14,18)(H,16,19)(H2,13,15,17). The normalized spacial score (nSPS) is 19.9. The number of piperidine rings is 1. The lowest BCUT2D eigenvalue weighted by Gasteiger charge is -2.25. The van der Waals surface area contributed by atoms with E-state index in [1.54, 1.807) is 7.05 Å². The molecule has 1 fully saturated rings. The predicted octanol–water partition coefficient (Wildman–Crippen LogP) is -1.05. The molecular weight excluding hydrogens is 246 g/mol. The van der Waals surface area contributed by atoms with Gasteiger partial charge >= 0.3 is 0 Å². The molecule has 0 saturated carbocycles. The van der Waals surface area contributed by atoms with E-state index in [2.05, 4.69) is 26.3 Å². The van der Waals surface area contributed by atoms with Crippen LogP contribution in [0.1, 0.15) is 26.7 Å². The molecule has 0 aromatic heterocycles. The molecule has 1 rings (SSSR count). The van der Waals surface area contributed by atoms with E-state index in [0.717, 1.165) is 6.42 Å². The summed E-state index contributed by atoms with van der Waals surface area (Å²) in [5.74, 6) is 0.576. The first-order chi connectivity index (χ1) is 9.01. The number of carbonyl (C=O) groups is 2. The maximum absolute atomic E-state index is 11.5.